The van der Waals surface area contributed by atoms with E-state index in [4.69, 9.17) is 0 Å². The summed E-state index contributed by atoms with van der Waals surface area (Å²) in [6, 6.07) is 5.88. The van der Waals surface area contributed by atoms with Gasteiger partial charge >= 0.3 is 0 Å². The Kier molecular flexibility index (Phi) is 4.29. The van der Waals surface area contributed by atoms with Crippen LogP contribution in [0.3, 0.4) is 0 Å². The molecule has 0 aromatic carbocycles. The summed E-state index contributed by atoms with van der Waals surface area (Å²) in [6.45, 7) is 3.05. The molecular weight excluding hydrogens is 334 g/mol. The maximum Gasteiger partial charge on any atom is 0.255 e. The molecule has 1 saturated carbocycles. The van der Waals surface area contributed by atoms with Crippen LogP contribution in [0.15, 0.2) is 29.0 Å². The number of carbonyl (C=O) groups excluding carboxylic acids is 2. The van der Waals surface area contributed by atoms with Crippen LogP contribution in [0.25, 0.3) is 11.3 Å². The summed E-state index contributed by atoms with van der Waals surface area (Å²) in [5.41, 5.74) is 3.36. The topological polar surface area (TPSA) is 62.3 Å². The first-order valence-electron chi connectivity index (χ1n) is 8.71. The normalized spacial score (nSPS) is 17.7. The summed E-state index contributed by atoms with van der Waals surface area (Å²) >= 11 is 1.63. The summed E-state index contributed by atoms with van der Waals surface area (Å²) < 4.78 is 0. The number of nitrogens with one attached hydrogen (secondary N) is 1. The molecule has 0 radical (unpaired) electrons. The molecule has 1 aliphatic heterocycles. The molecule has 4 rings (SSSR count). The van der Waals surface area contributed by atoms with Gasteiger partial charge in [-0.25, -0.2) is 0 Å². The molecule has 0 unspecified atom stereocenters. The maximum atomic E-state index is 12.7. The quantitative estimate of drug-likeness (QED) is 0.917. The molecule has 2 aromatic rings. The molecule has 3 heterocycles. The lowest BCUT2D eigenvalue weighted by atomic mass is 9.84. The van der Waals surface area contributed by atoms with Gasteiger partial charge in [0, 0.05) is 30.0 Å². The van der Waals surface area contributed by atoms with E-state index in [1.165, 1.54) is 0 Å². The Labute approximate surface area is 151 Å². The van der Waals surface area contributed by atoms with Crippen molar-refractivity contribution in [3.8, 4) is 11.3 Å². The Balaban J connectivity index is 1.36. The highest BCUT2D eigenvalue weighted by Gasteiger charge is 2.35. The second-order valence-electron chi connectivity index (χ2n) is 6.88. The number of amides is 2. The van der Waals surface area contributed by atoms with Gasteiger partial charge in [0.15, 0.2) is 0 Å². The van der Waals surface area contributed by atoms with Gasteiger partial charge in [-0.3, -0.25) is 14.6 Å². The van der Waals surface area contributed by atoms with Crippen molar-refractivity contribution in [3.05, 3.63) is 40.2 Å². The number of carbonyl (C=O) groups is 2. The van der Waals surface area contributed by atoms with Crippen LogP contribution >= 0.6 is 11.3 Å². The monoisotopic (exact) mass is 355 g/mol. The first-order chi connectivity index (χ1) is 12.1. The molecule has 25 heavy (non-hydrogen) atoms. The summed E-state index contributed by atoms with van der Waals surface area (Å²) in [7, 11) is 0. The summed E-state index contributed by atoms with van der Waals surface area (Å²) in [5.74, 6) is 0.346. The first kappa shape index (κ1) is 16.3. The van der Waals surface area contributed by atoms with Gasteiger partial charge < -0.3 is 10.2 Å². The average molecular weight is 355 g/mol. The molecular formula is C19H21N3O2S. The van der Waals surface area contributed by atoms with E-state index in [1.807, 2.05) is 35.9 Å². The fourth-order valence-corrected chi connectivity index (χ4v) is 3.90. The summed E-state index contributed by atoms with van der Waals surface area (Å²) in [5, 5.41) is 7.12. The predicted molar refractivity (Wildman–Crippen MR) is 97.5 cm³/mol. The third kappa shape index (κ3) is 3.18. The van der Waals surface area contributed by atoms with E-state index in [0.717, 1.165) is 36.2 Å². The Morgan fingerprint density at radius 3 is 2.64 bits per heavy atom. The van der Waals surface area contributed by atoms with Gasteiger partial charge in [0.2, 0.25) is 5.91 Å². The van der Waals surface area contributed by atoms with Crippen molar-refractivity contribution in [3.63, 3.8) is 0 Å². The van der Waals surface area contributed by atoms with Gasteiger partial charge in [-0.15, -0.1) is 0 Å². The lowest BCUT2D eigenvalue weighted by Gasteiger charge is -2.40. The molecule has 2 aromatic heterocycles. The van der Waals surface area contributed by atoms with Gasteiger partial charge in [0.05, 0.1) is 23.0 Å². The van der Waals surface area contributed by atoms with Crippen LogP contribution in [0, 0.1) is 12.8 Å². The number of hydrogen-bond acceptors (Lipinski definition) is 4. The molecule has 0 bridgehead atoms. The van der Waals surface area contributed by atoms with Crippen LogP contribution in [0.2, 0.25) is 0 Å². The fourth-order valence-electron chi connectivity index (χ4n) is 3.25. The van der Waals surface area contributed by atoms with Crippen molar-refractivity contribution in [1.82, 2.24) is 15.2 Å². The van der Waals surface area contributed by atoms with Crippen molar-refractivity contribution in [2.45, 2.75) is 32.2 Å². The third-order valence-corrected chi connectivity index (χ3v) is 5.81. The van der Waals surface area contributed by atoms with Crippen molar-refractivity contribution in [1.29, 1.82) is 0 Å². The fraction of sp³-hybridized carbons (Fsp3) is 0.421. The lowest BCUT2D eigenvalue weighted by molar-refractivity contribution is -0.129. The predicted octanol–water partition coefficient (Wildman–Crippen LogP) is 2.86. The molecule has 0 atom stereocenters. The van der Waals surface area contributed by atoms with E-state index in [0.29, 0.717) is 18.7 Å². The molecule has 1 saturated heterocycles. The molecule has 0 spiro atoms. The first-order valence-corrected chi connectivity index (χ1v) is 9.66. The van der Waals surface area contributed by atoms with Gasteiger partial charge in [0.25, 0.3) is 5.91 Å². The molecule has 5 nitrogen and oxygen atoms in total. The molecule has 2 fully saturated rings. The number of thiophene rings is 1. The van der Waals surface area contributed by atoms with Gasteiger partial charge in [-0.05, 0) is 43.3 Å². The number of rotatable bonds is 4. The van der Waals surface area contributed by atoms with Gasteiger partial charge in [-0.1, -0.05) is 6.42 Å². The van der Waals surface area contributed by atoms with E-state index in [2.05, 4.69) is 10.3 Å². The highest BCUT2D eigenvalue weighted by Crippen LogP contribution is 2.27. The minimum Gasteiger partial charge on any atom is -0.350 e. The Morgan fingerprint density at radius 1 is 1.24 bits per heavy atom. The van der Waals surface area contributed by atoms with Crippen molar-refractivity contribution >= 4 is 23.2 Å². The zero-order valence-electron chi connectivity index (χ0n) is 14.2. The highest BCUT2D eigenvalue weighted by atomic mass is 32.1. The standard InChI is InChI=1S/C19H21N3O2S/c1-12-16(5-6-17(20-12)14-7-8-25-11-14)19(24)22-9-15(10-22)21-18(23)13-3-2-4-13/h5-8,11,13,15H,2-4,9-10H2,1H3,(H,21,23). The van der Waals surface area contributed by atoms with Crippen molar-refractivity contribution < 1.29 is 9.59 Å². The van der Waals surface area contributed by atoms with E-state index < -0.39 is 0 Å². The van der Waals surface area contributed by atoms with E-state index in [-0.39, 0.29) is 23.8 Å². The van der Waals surface area contributed by atoms with Gasteiger partial charge in [0.1, 0.15) is 0 Å². The lowest BCUT2D eigenvalue weighted by Crippen LogP contribution is -2.62. The van der Waals surface area contributed by atoms with Crippen molar-refractivity contribution in [2.75, 3.05) is 13.1 Å². The molecule has 2 amide bonds. The number of aryl methyl sites for hydroxylation is 1. The smallest absolute Gasteiger partial charge is 0.255 e. The zero-order valence-corrected chi connectivity index (χ0v) is 15.0. The van der Waals surface area contributed by atoms with Gasteiger partial charge in [-0.2, -0.15) is 11.3 Å². The van der Waals surface area contributed by atoms with E-state index >= 15 is 0 Å². The number of hydrogen-bond donors (Lipinski definition) is 1. The second kappa shape index (κ2) is 6.59. The molecule has 1 aliphatic carbocycles. The Hall–Kier alpha value is -2.21. The Bertz CT molecular complexity index is 793. The van der Waals surface area contributed by atoms with Crippen LogP contribution in [0.1, 0.15) is 35.3 Å². The van der Waals surface area contributed by atoms with Crippen molar-refractivity contribution in [2.24, 2.45) is 5.92 Å². The van der Waals surface area contributed by atoms with Crippen LogP contribution in [0.4, 0.5) is 0 Å². The highest BCUT2D eigenvalue weighted by molar-refractivity contribution is 7.08. The summed E-state index contributed by atoms with van der Waals surface area (Å²) in [6.07, 6.45) is 3.16. The average Bonchev–Trinajstić information content (AvgIpc) is 3.02. The molecule has 2 aliphatic rings. The largest absolute Gasteiger partial charge is 0.350 e. The van der Waals surface area contributed by atoms with Crippen LogP contribution in [0.5, 0.6) is 0 Å². The number of pyridine rings is 1. The third-order valence-electron chi connectivity index (χ3n) is 5.12. The van der Waals surface area contributed by atoms with E-state index in [9.17, 15) is 9.59 Å². The minimum atomic E-state index is -0.00369. The molecule has 130 valence electrons. The number of aromatic nitrogens is 1. The summed E-state index contributed by atoms with van der Waals surface area (Å²) in [4.78, 5) is 31.0. The zero-order chi connectivity index (χ0) is 17.4. The van der Waals surface area contributed by atoms with E-state index in [1.54, 1.807) is 16.2 Å². The number of likely N-dealkylation sites (tertiary alicyclic amines) is 1. The minimum absolute atomic E-state index is 0.00369. The second-order valence-corrected chi connectivity index (χ2v) is 7.66. The van der Waals surface area contributed by atoms with Crippen LogP contribution in [-0.4, -0.2) is 40.8 Å². The van der Waals surface area contributed by atoms with Crippen LogP contribution < -0.4 is 5.32 Å². The number of nitrogens with zero attached hydrogens (tertiary/aromatic N) is 2. The SMILES string of the molecule is Cc1nc(-c2ccsc2)ccc1C(=O)N1CC(NC(=O)C2CCC2)C1. The molecule has 6 heteroatoms. The molecule has 1 N–H and O–H groups in total. The Morgan fingerprint density at radius 2 is 2.04 bits per heavy atom. The maximum absolute atomic E-state index is 12.7. The van der Waals surface area contributed by atoms with Crippen LogP contribution in [-0.2, 0) is 4.79 Å².